The minimum Gasteiger partial charge on any atom is -0.478 e. The molecule has 1 aromatic heterocycles. The van der Waals surface area contributed by atoms with E-state index in [1.54, 1.807) is 17.0 Å². The second-order valence-electron chi connectivity index (χ2n) is 5.91. The van der Waals surface area contributed by atoms with E-state index in [2.05, 4.69) is 4.98 Å². The minimum atomic E-state index is -1.07. The van der Waals surface area contributed by atoms with E-state index in [1.165, 1.54) is 18.3 Å². The summed E-state index contributed by atoms with van der Waals surface area (Å²) in [6.07, 6.45) is 3.25. The number of rotatable bonds is 5. The van der Waals surface area contributed by atoms with Crippen molar-refractivity contribution in [2.45, 2.75) is 31.8 Å². The largest absolute Gasteiger partial charge is 0.478 e. The zero-order valence-electron chi connectivity index (χ0n) is 13.1. The first-order chi connectivity index (χ1) is 11.5. The molecule has 1 aliphatic carbocycles. The lowest BCUT2D eigenvalue weighted by Crippen LogP contribution is -2.36. The fraction of sp³-hybridized carbons (Fsp3) is 0.278. The second-order valence-corrected chi connectivity index (χ2v) is 6.34. The van der Waals surface area contributed by atoms with Crippen LogP contribution in [0.3, 0.4) is 0 Å². The minimum absolute atomic E-state index is 0.0586. The van der Waals surface area contributed by atoms with Crippen LogP contribution < -0.4 is 0 Å². The number of pyridine rings is 1. The molecule has 0 radical (unpaired) electrons. The molecule has 6 heteroatoms. The van der Waals surface area contributed by atoms with Crippen LogP contribution in [-0.4, -0.2) is 32.9 Å². The molecule has 0 saturated heterocycles. The lowest BCUT2D eigenvalue weighted by molar-refractivity contribution is 0.0668. The molecule has 1 saturated carbocycles. The van der Waals surface area contributed by atoms with Crippen molar-refractivity contribution in [3.8, 4) is 0 Å². The van der Waals surface area contributed by atoms with Gasteiger partial charge in [0.05, 0.1) is 11.6 Å². The predicted molar refractivity (Wildman–Crippen MR) is 90.3 cm³/mol. The normalized spacial score (nSPS) is 14.9. The van der Waals surface area contributed by atoms with Crippen LogP contribution in [0.2, 0.25) is 5.02 Å². The van der Waals surface area contributed by atoms with E-state index >= 15 is 0 Å². The third kappa shape index (κ3) is 3.41. The maximum absolute atomic E-state index is 12.9. The summed E-state index contributed by atoms with van der Waals surface area (Å²) in [5.41, 5.74) is 1.19. The Bertz CT molecular complexity index is 772. The molecule has 2 aromatic rings. The number of amides is 1. The maximum atomic E-state index is 12.9. The third-order valence-electron chi connectivity index (χ3n) is 4.17. The molecule has 0 bridgehead atoms. The lowest BCUT2D eigenvalue weighted by atomic mass is 10.1. The smallest absolute Gasteiger partial charge is 0.335 e. The highest BCUT2D eigenvalue weighted by Gasteiger charge is 2.37. The van der Waals surface area contributed by atoms with Crippen LogP contribution in [0, 0.1) is 0 Å². The highest BCUT2D eigenvalue weighted by atomic mass is 35.5. The van der Waals surface area contributed by atoms with Crippen molar-refractivity contribution in [1.82, 2.24) is 9.88 Å². The van der Waals surface area contributed by atoms with E-state index in [9.17, 15) is 9.59 Å². The van der Waals surface area contributed by atoms with Crippen molar-refractivity contribution >= 4 is 23.5 Å². The van der Waals surface area contributed by atoms with E-state index in [-0.39, 0.29) is 29.2 Å². The van der Waals surface area contributed by atoms with Crippen LogP contribution in [0.1, 0.15) is 52.2 Å². The maximum Gasteiger partial charge on any atom is 0.335 e. The van der Waals surface area contributed by atoms with Gasteiger partial charge in [0.2, 0.25) is 0 Å². The quantitative estimate of drug-likeness (QED) is 0.895. The van der Waals surface area contributed by atoms with Gasteiger partial charge in [-0.15, -0.1) is 0 Å². The van der Waals surface area contributed by atoms with E-state index in [0.717, 1.165) is 18.4 Å². The number of hydrogen-bond acceptors (Lipinski definition) is 3. The molecule has 5 nitrogen and oxygen atoms in total. The van der Waals surface area contributed by atoms with Gasteiger partial charge in [-0.2, -0.15) is 0 Å². The van der Waals surface area contributed by atoms with Gasteiger partial charge in [0.15, 0.2) is 0 Å². The number of carboxylic acids is 1. The van der Waals surface area contributed by atoms with Gasteiger partial charge in [0.25, 0.3) is 5.91 Å². The molecule has 1 aliphatic rings. The van der Waals surface area contributed by atoms with Crippen LogP contribution in [0.5, 0.6) is 0 Å². The summed E-state index contributed by atoms with van der Waals surface area (Å²) in [5, 5.41) is 9.74. The number of aromatic carboxylic acids is 1. The average molecular weight is 345 g/mol. The molecular weight excluding hydrogens is 328 g/mol. The Kier molecular flexibility index (Phi) is 4.53. The first kappa shape index (κ1) is 16.5. The molecular formula is C18H17ClN2O3. The second kappa shape index (κ2) is 6.61. The standard InChI is InChI=1S/C18H17ClN2O3/c1-11(12-2-4-14(19)5-3-12)21(15-6-7-15)17(22)16-10-13(18(23)24)8-9-20-16/h2-5,8-11,15H,6-7H2,1H3,(H,23,24). The van der Waals surface area contributed by atoms with Crippen LogP contribution in [0.4, 0.5) is 0 Å². The lowest BCUT2D eigenvalue weighted by Gasteiger charge is -2.29. The van der Waals surface area contributed by atoms with Gasteiger partial charge in [0.1, 0.15) is 5.69 Å². The molecule has 1 amide bonds. The van der Waals surface area contributed by atoms with Crippen molar-refractivity contribution in [1.29, 1.82) is 0 Å². The van der Waals surface area contributed by atoms with Gasteiger partial charge in [-0.25, -0.2) is 4.79 Å². The summed E-state index contributed by atoms with van der Waals surface area (Å²) in [6, 6.07) is 10.1. The summed E-state index contributed by atoms with van der Waals surface area (Å²) >= 11 is 5.93. The molecule has 124 valence electrons. The number of carboxylic acid groups (broad SMARTS) is 1. The molecule has 1 aromatic carbocycles. The number of carbonyl (C=O) groups excluding carboxylic acids is 1. The molecule has 1 atom stereocenters. The Morgan fingerprint density at radius 2 is 1.92 bits per heavy atom. The van der Waals surface area contributed by atoms with E-state index in [4.69, 9.17) is 16.7 Å². The van der Waals surface area contributed by atoms with Crippen LogP contribution in [0.25, 0.3) is 0 Å². The fourth-order valence-electron chi connectivity index (χ4n) is 2.73. The van der Waals surface area contributed by atoms with Gasteiger partial charge < -0.3 is 10.0 Å². The molecule has 1 N–H and O–H groups in total. The Morgan fingerprint density at radius 3 is 2.50 bits per heavy atom. The van der Waals surface area contributed by atoms with Crippen molar-refractivity contribution in [2.24, 2.45) is 0 Å². The molecule has 24 heavy (non-hydrogen) atoms. The molecule has 0 aliphatic heterocycles. The number of nitrogens with zero attached hydrogens (tertiary/aromatic N) is 2. The molecule has 1 unspecified atom stereocenters. The average Bonchev–Trinajstić information content (AvgIpc) is 3.40. The van der Waals surface area contributed by atoms with Gasteiger partial charge in [-0.05, 0) is 49.6 Å². The number of aromatic nitrogens is 1. The number of halogens is 1. The zero-order chi connectivity index (χ0) is 17.3. The zero-order valence-corrected chi connectivity index (χ0v) is 13.9. The third-order valence-corrected chi connectivity index (χ3v) is 4.42. The number of carbonyl (C=O) groups is 2. The van der Waals surface area contributed by atoms with E-state index in [0.29, 0.717) is 5.02 Å². The van der Waals surface area contributed by atoms with Crippen molar-refractivity contribution in [3.05, 3.63) is 64.4 Å². The number of hydrogen-bond donors (Lipinski definition) is 1. The Morgan fingerprint density at radius 1 is 1.25 bits per heavy atom. The predicted octanol–water partition coefficient (Wildman–Crippen LogP) is 3.80. The van der Waals surface area contributed by atoms with Crippen molar-refractivity contribution in [2.75, 3.05) is 0 Å². The molecule has 1 heterocycles. The summed E-state index contributed by atoms with van der Waals surface area (Å²) in [5.74, 6) is -1.32. The topological polar surface area (TPSA) is 70.5 Å². The Labute approximate surface area is 144 Å². The first-order valence-electron chi connectivity index (χ1n) is 7.75. The van der Waals surface area contributed by atoms with Gasteiger partial charge in [-0.1, -0.05) is 23.7 Å². The Balaban J connectivity index is 1.90. The van der Waals surface area contributed by atoms with Crippen molar-refractivity contribution in [3.63, 3.8) is 0 Å². The first-order valence-corrected chi connectivity index (χ1v) is 8.12. The van der Waals surface area contributed by atoms with E-state index in [1.807, 2.05) is 19.1 Å². The molecule has 1 fully saturated rings. The van der Waals surface area contributed by atoms with Crippen LogP contribution in [0.15, 0.2) is 42.6 Å². The Hall–Kier alpha value is -2.40. The van der Waals surface area contributed by atoms with Gasteiger partial charge in [0, 0.05) is 17.3 Å². The monoisotopic (exact) mass is 344 g/mol. The number of benzene rings is 1. The van der Waals surface area contributed by atoms with Crippen LogP contribution in [-0.2, 0) is 0 Å². The van der Waals surface area contributed by atoms with Crippen LogP contribution >= 0.6 is 11.6 Å². The summed E-state index contributed by atoms with van der Waals surface area (Å²) in [7, 11) is 0. The highest BCUT2D eigenvalue weighted by molar-refractivity contribution is 6.30. The summed E-state index contributed by atoms with van der Waals surface area (Å²) < 4.78 is 0. The SMILES string of the molecule is CC(c1ccc(Cl)cc1)N(C(=O)c1cc(C(=O)O)ccn1)C1CC1. The highest BCUT2D eigenvalue weighted by Crippen LogP contribution is 2.35. The summed E-state index contributed by atoms with van der Waals surface area (Å²) in [6.45, 7) is 1.96. The fourth-order valence-corrected chi connectivity index (χ4v) is 2.85. The van der Waals surface area contributed by atoms with Gasteiger partial charge in [-0.3, -0.25) is 9.78 Å². The molecule has 0 spiro atoms. The molecule has 3 rings (SSSR count). The summed E-state index contributed by atoms with van der Waals surface area (Å²) in [4.78, 5) is 29.9. The van der Waals surface area contributed by atoms with Crippen molar-refractivity contribution < 1.29 is 14.7 Å². The van der Waals surface area contributed by atoms with Gasteiger partial charge >= 0.3 is 5.97 Å². The van der Waals surface area contributed by atoms with E-state index < -0.39 is 5.97 Å².